The standard InChI is InChI=1S/C13H16BrNO2S/c14-9-3-4-12(11(8-9)13(15)18)17-7-5-10-2-1-6-16-10/h3-4,8,10H,1-2,5-7H2,(H2,15,18). The van der Waals surface area contributed by atoms with Crippen LogP contribution in [0.5, 0.6) is 5.75 Å². The van der Waals surface area contributed by atoms with Crippen LogP contribution in [-0.2, 0) is 4.74 Å². The predicted molar refractivity (Wildman–Crippen MR) is 79.1 cm³/mol. The summed E-state index contributed by atoms with van der Waals surface area (Å²) in [4.78, 5) is 0.350. The minimum Gasteiger partial charge on any atom is -0.493 e. The molecule has 3 nitrogen and oxygen atoms in total. The highest BCUT2D eigenvalue weighted by Gasteiger charge is 2.15. The lowest BCUT2D eigenvalue weighted by Gasteiger charge is -2.13. The van der Waals surface area contributed by atoms with Gasteiger partial charge in [0.2, 0.25) is 0 Å². The van der Waals surface area contributed by atoms with E-state index in [1.54, 1.807) is 0 Å². The molecular formula is C13H16BrNO2S. The number of rotatable bonds is 5. The van der Waals surface area contributed by atoms with Gasteiger partial charge in [-0.2, -0.15) is 0 Å². The molecule has 2 rings (SSSR count). The summed E-state index contributed by atoms with van der Waals surface area (Å²) < 4.78 is 12.2. The molecule has 1 fully saturated rings. The molecule has 1 unspecified atom stereocenters. The first-order chi connectivity index (χ1) is 8.66. The zero-order valence-electron chi connectivity index (χ0n) is 10.0. The Hall–Kier alpha value is -0.650. The Morgan fingerprint density at radius 2 is 2.39 bits per heavy atom. The quantitative estimate of drug-likeness (QED) is 0.843. The summed E-state index contributed by atoms with van der Waals surface area (Å²) in [6, 6.07) is 5.68. The molecule has 1 aliphatic rings. The fourth-order valence-electron chi connectivity index (χ4n) is 1.99. The summed E-state index contributed by atoms with van der Waals surface area (Å²) in [5.74, 6) is 0.740. The molecule has 0 saturated carbocycles. The van der Waals surface area contributed by atoms with E-state index in [-0.39, 0.29) is 0 Å². The van der Waals surface area contributed by atoms with Crippen molar-refractivity contribution in [3.05, 3.63) is 28.2 Å². The summed E-state index contributed by atoms with van der Waals surface area (Å²) >= 11 is 8.42. The number of hydrogen-bond acceptors (Lipinski definition) is 3. The van der Waals surface area contributed by atoms with E-state index in [4.69, 9.17) is 27.4 Å². The number of thiocarbonyl (C=S) groups is 1. The van der Waals surface area contributed by atoms with Gasteiger partial charge >= 0.3 is 0 Å². The SMILES string of the molecule is NC(=S)c1cc(Br)ccc1OCCC1CCCO1. The van der Waals surface area contributed by atoms with Crippen molar-refractivity contribution >= 4 is 33.1 Å². The van der Waals surface area contributed by atoms with Crippen molar-refractivity contribution in [3.63, 3.8) is 0 Å². The summed E-state index contributed by atoms with van der Waals surface area (Å²) in [7, 11) is 0. The Morgan fingerprint density at radius 1 is 1.56 bits per heavy atom. The molecule has 1 aromatic carbocycles. The highest BCUT2D eigenvalue weighted by Crippen LogP contribution is 2.24. The van der Waals surface area contributed by atoms with E-state index in [0.29, 0.717) is 17.7 Å². The third-order valence-corrected chi connectivity index (χ3v) is 3.64. The minimum atomic E-state index is 0.341. The van der Waals surface area contributed by atoms with Gasteiger partial charge in [0.15, 0.2) is 0 Å². The molecule has 1 aromatic rings. The van der Waals surface area contributed by atoms with Crippen molar-refractivity contribution in [2.24, 2.45) is 5.73 Å². The van der Waals surface area contributed by atoms with Crippen molar-refractivity contribution in [2.75, 3.05) is 13.2 Å². The van der Waals surface area contributed by atoms with Crippen LogP contribution in [0.4, 0.5) is 0 Å². The Balaban J connectivity index is 1.93. The van der Waals surface area contributed by atoms with Crippen molar-refractivity contribution in [1.82, 2.24) is 0 Å². The van der Waals surface area contributed by atoms with Gasteiger partial charge in [-0.05, 0) is 31.0 Å². The number of ether oxygens (including phenoxy) is 2. The number of nitrogens with two attached hydrogens (primary N) is 1. The van der Waals surface area contributed by atoms with E-state index in [9.17, 15) is 0 Å². The topological polar surface area (TPSA) is 44.5 Å². The molecule has 1 aliphatic heterocycles. The van der Waals surface area contributed by atoms with Crippen LogP contribution in [0.1, 0.15) is 24.8 Å². The summed E-state index contributed by atoms with van der Waals surface area (Å²) in [6.07, 6.45) is 3.54. The van der Waals surface area contributed by atoms with Crippen LogP contribution in [-0.4, -0.2) is 24.3 Å². The highest BCUT2D eigenvalue weighted by molar-refractivity contribution is 9.10. The van der Waals surface area contributed by atoms with Gasteiger partial charge in [-0.25, -0.2) is 0 Å². The minimum absolute atomic E-state index is 0.341. The first-order valence-electron chi connectivity index (χ1n) is 6.00. The molecule has 1 atom stereocenters. The van der Waals surface area contributed by atoms with Crippen LogP contribution in [0.15, 0.2) is 22.7 Å². The molecule has 0 aromatic heterocycles. The number of halogens is 1. The zero-order valence-corrected chi connectivity index (χ0v) is 12.4. The van der Waals surface area contributed by atoms with E-state index in [1.807, 2.05) is 18.2 Å². The van der Waals surface area contributed by atoms with Crippen molar-refractivity contribution in [2.45, 2.75) is 25.4 Å². The van der Waals surface area contributed by atoms with Gasteiger partial charge in [-0.3, -0.25) is 0 Å². The third kappa shape index (κ3) is 3.67. The van der Waals surface area contributed by atoms with E-state index in [2.05, 4.69) is 15.9 Å². The molecule has 1 heterocycles. The largest absolute Gasteiger partial charge is 0.493 e. The molecule has 0 bridgehead atoms. The van der Waals surface area contributed by atoms with Crippen LogP contribution in [0, 0.1) is 0 Å². The first-order valence-corrected chi connectivity index (χ1v) is 7.20. The first kappa shape index (κ1) is 13.8. The lowest BCUT2D eigenvalue weighted by atomic mass is 10.2. The molecule has 0 radical (unpaired) electrons. The molecule has 0 aliphatic carbocycles. The van der Waals surface area contributed by atoms with E-state index < -0.39 is 0 Å². The fraction of sp³-hybridized carbons (Fsp3) is 0.462. The van der Waals surface area contributed by atoms with Crippen LogP contribution in [0.2, 0.25) is 0 Å². The molecule has 1 saturated heterocycles. The normalized spacial score (nSPS) is 18.8. The lowest BCUT2D eigenvalue weighted by molar-refractivity contribution is 0.0903. The second-order valence-corrected chi connectivity index (χ2v) is 5.63. The summed E-state index contributed by atoms with van der Waals surface area (Å²) in [5, 5.41) is 0. The Kier molecular flexibility index (Phi) is 4.97. The van der Waals surface area contributed by atoms with Gasteiger partial charge in [0.25, 0.3) is 0 Å². The van der Waals surface area contributed by atoms with E-state index in [1.165, 1.54) is 0 Å². The van der Waals surface area contributed by atoms with Gasteiger partial charge in [0.1, 0.15) is 10.7 Å². The van der Waals surface area contributed by atoms with Crippen LogP contribution >= 0.6 is 28.1 Å². The predicted octanol–water partition coefficient (Wildman–Crippen LogP) is 3.03. The van der Waals surface area contributed by atoms with Gasteiger partial charge in [0.05, 0.1) is 18.3 Å². The van der Waals surface area contributed by atoms with Crippen LogP contribution in [0.25, 0.3) is 0 Å². The van der Waals surface area contributed by atoms with Gasteiger partial charge < -0.3 is 15.2 Å². The molecule has 18 heavy (non-hydrogen) atoms. The van der Waals surface area contributed by atoms with Gasteiger partial charge in [0, 0.05) is 17.5 Å². The maximum absolute atomic E-state index is 5.75. The lowest BCUT2D eigenvalue weighted by Crippen LogP contribution is -2.14. The smallest absolute Gasteiger partial charge is 0.129 e. The van der Waals surface area contributed by atoms with Crippen LogP contribution in [0.3, 0.4) is 0 Å². The second-order valence-electron chi connectivity index (χ2n) is 4.28. The van der Waals surface area contributed by atoms with Crippen molar-refractivity contribution in [1.29, 1.82) is 0 Å². The Morgan fingerprint density at radius 3 is 3.06 bits per heavy atom. The third-order valence-electron chi connectivity index (χ3n) is 2.93. The Bertz CT molecular complexity index is 433. The monoisotopic (exact) mass is 329 g/mol. The Labute approximate surface area is 121 Å². The van der Waals surface area contributed by atoms with Gasteiger partial charge in [-0.15, -0.1) is 0 Å². The maximum Gasteiger partial charge on any atom is 0.129 e. The van der Waals surface area contributed by atoms with Crippen molar-refractivity contribution in [3.8, 4) is 5.75 Å². The summed E-state index contributed by atoms with van der Waals surface area (Å²) in [5.41, 5.74) is 6.45. The van der Waals surface area contributed by atoms with E-state index >= 15 is 0 Å². The number of hydrogen-bond donors (Lipinski definition) is 1. The average Bonchev–Trinajstić information content (AvgIpc) is 2.84. The molecule has 5 heteroatoms. The van der Waals surface area contributed by atoms with Gasteiger partial charge in [-0.1, -0.05) is 28.1 Å². The maximum atomic E-state index is 5.75. The molecule has 0 amide bonds. The zero-order chi connectivity index (χ0) is 13.0. The molecule has 98 valence electrons. The van der Waals surface area contributed by atoms with E-state index in [0.717, 1.165) is 41.7 Å². The summed E-state index contributed by atoms with van der Waals surface area (Å²) in [6.45, 7) is 1.50. The molecule has 2 N–H and O–H groups in total. The number of benzene rings is 1. The molecule has 0 spiro atoms. The average molecular weight is 330 g/mol. The highest BCUT2D eigenvalue weighted by atomic mass is 79.9. The van der Waals surface area contributed by atoms with Crippen LogP contribution < -0.4 is 10.5 Å². The second kappa shape index (κ2) is 6.50. The molecular weight excluding hydrogens is 314 g/mol. The fourth-order valence-corrected chi connectivity index (χ4v) is 2.51. The van der Waals surface area contributed by atoms with Crippen molar-refractivity contribution < 1.29 is 9.47 Å².